The maximum Gasteiger partial charge on any atom is 0.222 e. The molecule has 2 atom stereocenters. The molecule has 0 spiro atoms. The van der Waals surface area contributed by atoms with E-state index in [1.165, 1.54) is 18.6 Å². The number of likely N-dealkylation sites (tertiary alicyclic amines) is 1. The van der Waals surface area contributed by atoms with E-state index < -0.39 is 5.92 Å². The van der Waals surface area contributed by atoms with Crippen LogP contribution in [0.15, 0.2) is 29.3 Å². The van der Waals surface area contributed by atoms with E-state index in [9.17, 15) is 9.18 Å². The Morgan fingerprint density at radius 3 is 2.69 bits per heavy atom. The van der Waals surface area contributed by atoms with Crippen molar-refractivity contribution in [3.63, 3.8) is 0 Å². The van der Waals surface area contributed by atoms with E-state index in [0.717, 1.165) is 37.6 Å². The fraction of sp³-hybridized carbons (Fsp3) is 0.579. The summed E-state index contributed by atoms with van der Waals surface area (Å²) in [5.74, 6) is 0.423. The molecule has 0 saturated carbocycles. The molecular weight excluding hydrogens is 446 g/mol. The molecule has 1 fully saturated rings. The van der Waals surface area contributed by atoms with Gasteiger partial charge in [-0.1, -0.05) is 19.1 Å². The summed E-state index contributed by atoms with van der Waals surface area (Å²) >= 11 is 0. The second-order valence-electron chi connectivity index (χ2n) is 6.82. The number of rotatable bonds is 6. The third-order valence-corrected chi connectivity index (χ3v) is 4.55. The summed E-state index contributed by atoms with van der Waals surface area (Å²) in [7, 11) is 0. The van der Waals surface area contributed by atoms with Gasteiger partial charge in [0.1, 0.15) is 5.82 Å². The maximum absolute atomic E-state index is 13.0. The molecule has 0 bridgehead atoms. The van der Waals surface area contributed by atoms with Crippen molar-refractivity contribution in [2.24, 2.45) is 22.6 Å². The lowest BCUT2D eigenvalue weighted by Crippen LogP contribution is -2.46. The van der Waals surface area contributed by atoms with E-state index >= 15 is 0 Å². The van der Waals surface area contributed by atoms with Crippen LogP contribution >= 0.6 is 24.0 Å². The van der Waals surface area contributed by atoms with Gasteiger partial charge in [-0.3, -0.25) is 9.79 Å². The number of piperidine rings is 1. The lowest BCUT2D eigenvalue weighted by Gasteiger charge is -2.33. The lowest BCUT2D eigenvalue weighted by atomic mass is 9.98. The molecule has 26 heavy (non-hydrogen) atoms. The monoisotopic (exact) mass is 476 g/mol. The first-order valence-corrected chi connectivity index (χ1v) is 9.06. The normalized spacial score (nSPS) is 18.8. The summed E-state index contributed by atoms with van der Waals surface area (Å²) in [6.45, 7) is 7.35. The molecule has 1 aromatic carbocycles. The SMILES string of the molecule is CCNC(=NCC(Cc1ccc(F)cc1)C(N)=O)N1CCCC(C)C1.I. The molecule has 146 valence electrons. The van der Waals surface area contributed by atoms with Crippen LogP contribution < -0.4 is 11.1 Å². The molecule has 3 N–H and O–H groups in total. The summed E-state index contributed by atoms with van der Waals surface area (Å²) in [6.07, 6.45) is 2.86. The summed E-state index contributed by atoms with van der Waals surface area (Å²) in [5.41, 5.74) is 6.44. The van der Waals surface area contributed by atoms with E-state index in [1.807, 2.05) is 6.92 Å². The number of hydrogen-bond acceptors (Lipinski definition) is 2. The minimum atomic E-state index is -0.402. The van der Waals surface area contributed by atoms with Gasteiger partial charge in [0.15, 0.2) is 5.96 Å². The number of nitrogens with zero attached hydrogens (tertiary/aromatic N) is 2. The first kappa shape index (κ1) is 22.7. The Morgan fingerprint density at radius 1 is 1.42 bits per heavy atom. The number of nitrogens with one attached hydrogen (secondary N) is 1. The first-order valence-electron chi connectivity index (χ1n) is 9.06. The molecule has 7 heteroatoms. The van der Waals surface area contributed by atoms with Crippen LogP contribution in [0.1, 0.15) is 32.3 Å². The maximum atomic E-state index is 13.0. The zero-order chi connectivity index (χ0) is 18.2. The molecule has 0 radical (unpaired) electrons. The Kier molecular flexibility index (Phi) is 9.90. The van der Waals surface area contributed by atoms with Crippen molar-refractivity contribution in [3.05, 3.63) is 35.6 Å². The van der Waals surface area contributed by atoms with Gasteiger partial charge in [0.2, 0.25) is 5.91 Å². The van der Waals surface area contributed by atoms with Crippen molar-refractivity contribution in [1.29, 1.82) is 0 Å². The smallest absolute Gasteiger partial charge is 0.222 e. The van der Waals surface area contributed by atoms with Crippen molar-refractivity contribution in [3.8, 4) is 0 Å². The molecule has 2 unspecified atom stereocenters. The number of carbonyl (C=O) groups is 1. The number of halogens is 2. The fourth-order valence-corrected chi connectivity index (χ4v) is 3.16. The predicted molar refractivity (Wildman–Crippen MR) is 114 cm³/mol. The standard InChI is InChI=1S/C19H29FN4O.HI/c1-3-22-19(24-10-4-5-14(2)13-24)23-12-16(18(21)25)11-15-6-8-17(20)9-7-15;/h6-9,14,16H,3-5,10-13H2,1-2H3,(H2,21,25)(H,22,23);1H. The fourth-order valence-electron chi connectivity index (χ4n) is 3.16. The third-order valence-electron chi connectivity index (χ3n) is 4.55. The number of carbonyl (C=O) groups excluding carboxylic acids is 1. The van der Waals surface area contributed by atoms with Gasteiger partial charge in [0.25, 0.3) is 0 Å². The van der Waals surface area contributed by atoms with Crippen LogP contribution in [0.3, 0.4) is 0 Å². The second-order valence-corrected chi connectivity index (χ2v) is 6.82. The molecule has 5 nitrogen and oxygen atoms in total. The van der Waals surface area contributed by atoms with E-state index in [0.29, 0.717) is 18.9 Å². The van der Waals surface area contributed by atoms with Gasteiger partial charge >= 0.3 is 0 Å². The van der Waals surface area contributed by atoms with Crippen molar-refractivity contribution in [1.82, 2.24) is 10.2 Å². The van der Waals surface area contributed by atoms with Gasteiger partial charge in [0, 0.05) is 19.6 Å². The first-order chi connectivity index (χ1) is 12.0. The molecular formula is C19H30FIN4O. The van der Waals surface area contributed by atoms with E-state index in [-0.39, 0.29) is 35.7 Å². The molecule has 1 aliphatic heterocycles. The van der Waals surface area contributed by atoms with Gasteiger partial charge < -0.3 is 16.0 Å². The van der Waals surface area contributed by atoms with Crippen molar-refractivity contribution < 1.29 is 9.18 Å². The van der Waals surface area contributed by atoms with Gasteiger partial charge in [-0.25, -0.2) is 4.39 Å². The molecule has 1 aromatic rings. The Bertz CT molecular complexity index is 594. The van der Waals surface area contributed by atoms with Crippen molar-refractivity contribution in [2.75, 3.05) is 26.2 Å². The molecule has 1 amide bonds. The molecule has 1 saturated heterocycles. The number of amides is 1. The third kappa shape index (κ3) is 7.09. The number of primary amides is 1. The highest BCUT2D eigenvalue weighted by Crippen LogP contribution is 2.16. The Hall–Kier alpha value is -1.38. The van der Waals surface area contributed by atoms with E-state index in [1.54, 1.807) is 12.1 Å². The van der Waals surface area contributed by atoms with Crippen molar-refractivity contribution >= 4 is 35.8 Å². The van der Waals surface area contributed by atoms with Crippen LogP contribution in [0.2, 0.25) is 0 Å². The molecule has 2 rings (SSSR count). The van der Waals surface area contributed by atoms with Crippen LogP contribution in [-0.4, -0.2) is 42.9 Å². The average Bonchev–Trinajstić information content (AvgIpc) is 2.58. The van der Waals surface area contributed by atoms with Crippen LogP contribution in [-0.2, 0) is 11.2 Å². The minimum absolute atomic E-state index is 0. The zero-order valence-electron chi connectivity index (χ0n) is 15.6. The quantitative estimate of drug-likeness (QED) is 0.377. The number of aliphatic imine (C=N–C) groups is 1. The summed E-state index contributed by atoms with van der Waals surface area (Å²) in [6, 6.07) is 6.17. The lowest BCUT2D eigenvalue weighted by molar-refractivity contribution is -0.121. The van der Waals surface area contributed by atoms with Gasteiger partial charge in [-0.2, -0.15) is 0 Å². The number of guanidine groups is 1. The van der Waals surface area contributed by atoms with Gasteiger partial charge in [-0.15, -0.1) is 24.0 Å². The average molecular weight is 476 g/mol. The Balaban J connectivity index is 0.00000338. The largest absolute Gasteiger partial charge is 0.369 e. The van der Waals surface area contributed by atoms with Crippen LogP contribution in [0.4, 0.5) is 4.39 Å². The van der Waals surface area contributed by atoms with Crippen LogP contribution in [0.5, 0.6) is 0 Å². The van der Waals surface area contributed by atoms with Crippen molar-refractivity contribution in [2.45, 2.75) is 33.1 Å². The number of hydrogen-bond donors (Lipinski definition) is 2. The Morgan fingerprint density at radius 2 is 2.12 bits per heavy atom. The highest BCUT2D eigenvalue weighted by Gasteiger charge is 2.21. The molecule has 0 aromatic heterocycles. The van der Waals surface area contributed by atoms with Crippen LogP contribution in [0.25, 0.3) is 0 Å². The van der Waals surface area contributed by atoms with Gasteiger partial charge in [0.05, 0.1) is 12.5 Å². The topological polar surface area (TPSA) is 70.7 Å². The van der Waals surface area contributed by atoms with E-state index in [2.05, 4.69) is 22.1 Å². The summed E-state index contributed by atoms with van der Waals surface area (Å²) < 4.78 is 13.0. The summed E-state index contributed by atoms with van der Waals surface area (Å²) in [4.78, 5) is 18.7. The Labute approximate surface area is 172 Å². The van der Waals surface area contributed by atoms with E-state index in [4.69, 9.17) is 5.73 Å². The number of benzene rings is 1. The molecule has 1 heterocycles. The molecule has 0 aliphatic carbocycles. The second kappa shape index (κ2) is 11.4. The summed E-state index contributed by atoms with van der Waals surface area (Å²) in [5, 5.41) is 3.31. The number of nitrogens with two attached hydrogens (primary N) is 1. The van der Waals surface area contributed by atoms with Crippen LogP contribution in [0, 0.1) is 17.7 Å². The minimum Gasteiger partial charge on any atom is -0.369 e. The highest BCUT2D eigenvalue weighted by atomic mass is 127. The highest BCUT2D eigenvalue weighted by molar-refractivity contribution is 14.0. The molecule has 1 aliphatic rings. The predicted octanol–water partition coefficient (Wildman–Crippen LogP) is 2.79. The zero-order valence-corrected chi connectivity index (χ0v) is 17.9. The van der Waals surface area contributed by atoms with Gasteiger partial charge in [-0.05, 0) is 49.8 Å².